The zero-order valence-electron chi connectivity index (χ0n) is 8.59. The van der Waals surface area contributed by atoms with Gasteiger partial charge in [-0.15, -0.1) is 0 Å². The first-order valence-electron chi connectivity index (χ1n) is 5.01. The largest absolute Gasteiger partial charge is 0.481 e. The van der Waals surface area contributed by atoms with Crippen molar-refractivity contribution < 1.29 is 14.3 Å². The summed E-state index contributed by atoms with van der Waals surface area (Å²) in [5.74, 6) is -1.09. The average molecular weight is 208 g/mol. The fourth-order valence-corrected chi connectivity index (χ4v) is 2.05. The molecule has 1 fully saturated rings. The van der Waals surface area contributed by atoms with Crippen molar-refractivity contribution in [3.63, 3.8) is 0 Å². The minimum Gasteiger partial charge on any atom is -0.481 e. The lowest BCUT2D eigenvalue weighted by molar-refractivity contribution is -0.137. The molecule has 1 aromatic rings. The first-order chi connectivity index (χ1) is 7.02. The van der Waals surface area contributed by atoms with Crippen LogP contribution in [0.3, 0.4) is 0 Å². The minimum atomic E-state index is -0.811. The topological polar surface area (TPSA) is 37.3 Å². The summed E-state index contributed by atoms with van der Waals surface area (Å²) in [5.41, 5.74) is 1.39. The molecule has 0 amide bonds. The summed E-state index contributed by atoms with van der Waals surface area (Å²) in [6.07, 6.45) is 1.81. The van der Waals surface area contributed by atoms with Crippen LogP contribution in [0, 0.1) is 12.7 Å². The van der Waals surface area contributed by atoms with Crippen molar-refractivity contribution in [1.29, 1.82) is 0 Å². The molecule has 1 aliphatic carbocycles. The van der Waals surface area contributed by atoms with E-state index < -0.39 is 5.97 Å². The van der Waals surface area contributed by atoms with Crippen molar-refractivity contribution in [3.8, 4) is 0 Å². The number of aliphatic carboxylic acids is 1. The molecule has 0 spiro atoms. The van der Waals surface area contributed by atoms with Crippen LogP contribution >= 0.6 is 0 Å². The molecule has 0 aromatic heterocycles. The van der Waals surface area contributed by atoms with Gasteiger partial charge in [-0.3, -0.25) is 4.79 Å². The smallest absolute Gasteiger partial charge is 0.304 e. The Morgan fingerprint density at radius 2 is 2.13 bits per heavy atom. The fraction of sp³-hybridized carbons (Fsp3) is 0.417. The highest BCUT2D eigenvalue weighted by Gasteiger charge is 2.46. The highest BCUT2D eigenvalue weighted by molar-refractivity contribution is 5.70. The van der Waals surface area contributed by atoms with Gasteiger partial charge in [0.1, 0.15) is 5.82 Å². The van der Waals surface area contributed by atoms with E-state index in [2.05, 4.69) is 0 Å². The molecule has 2 rings (SSSR count). The molecule has 2 nitrogen and oxygen atoms in total. The Hall–Kier alpha value is -1.38. The first kappa shape index (κ1) is 10.1. The van der Waals surface area contributed by atoms with Gasteiger partial charge in [0.15, 0.2) is 0 Å². The number of hydrogen-bond donors (Lipinski definition) is 1. The predicted molar refractivity (Wildman–Crippen MR) is 54.3 cm³/mol. The Morgan fingerprint density at radius 1 is 1.47 bits per heavy atom. The highest BCUT2D eigenvalue weighted by atomic mass is 19.1. The molecule has 3 heteroatoms. The van der Waals surface area contributed by atoms with Crippen LogP contribution < -0.4 is 0 Å². The van der Waals surface area contributed by atoms with Crippen LogP contribution in [0.15, 0.2) is 18.2 Å². The normalized spacial score (nSPS) is 17.5. The Balaban J connectivity index is 2.32. The van der Waals surface area contributed by atoms with E-state index in [0.717, 1.165) is 24.0 Å². The molecule has 0 bridgehead atoms. The van der Waals surface area contributed by atoms with Crippen LogP contribution in [-0.4, -0.2) is 11.1 Å². The highest BCUT2D eigenvalue weighted by Crippen LogP contribution is 2.51. The Labute approximate surface area is 87.7 Å². The summed E-state index contributed by atoms with van der Waals surface area (Å²) in [5, 5.41) is 8.80. The molecule has 0 saturated heterocycles. The van der Waals surface area contributed by atoms with Gasteiger partial charge in [0.2, 0.25) is 0 Å². The van der Waals surface area contributed by atoms with E-state index in [9.17, 15) is 9.18 Å². The van der Waals surface area contributed by atoms with Gasteiger partial charge in [-0.25, -0.2) is 4.39 Å². The number of hydrogen-bond acceptors (Lipinski definition) is 1. The molecule has 1 saturated carbocycles. The van der Waals surface area contributed by atoms with Crippen LogP contribution in [0.5, 0.6) is 0 Å². The van der Waals surface area contributed by atoms with Crippen LogP contribution in [0.25, 0.3) is 0 Å². The number of benzene rings is 1. The Morgan fingerprint density at radius 3 is 2.60 bits per heavy atom. The molecule has 1 N–H and O–H groups in total. The van der Waals surface area contributed by atoms with Crippen LogP contribution in [0.1, 0.15) is 30.4 Å². The number of carbonyl (C=O) groups is 1. The number of carboxylic acids is 1. The summed E-state index contributed by atoms with van der Waals surface area (Å²) in [6, 6.07) is 4.81. The van der Waals surface area contributed by atoms with E-state index in [1.807, 2.05) is 13.0 Å². The molecule has 0 heterocycles. The second-order valence-electron chi connectivity index (χ2n) is 4.37. The van der Waals surface area contributed by atoms with Gasteiger partial charge in [-0.2, -0.15) is 0 Å². The Bertz CT molecular complexity index is 388. The molecular weight excluding hydrogens is 195 g/mol. The van der Waals surface area contributed by atoms with Crippen molar-refractivity contribution in [2.75, 3.05) is 0 Å². The van der Waals surface area contributed by atoms with Gasteiger partial charge in [-0.05, 0) is 43.0 Å². The van der Waals surface area contributed by atoms with E-state index in [0.29, 0.717) is 0 Å². The zero-order chi connectivity index (χ0) is 11.1. The van der Waals surface area contributed by atoms with Gasteiger partial charge < -0.3 is 5.11 Å². The monoisotopic (exact) mass is 208 g/mol. The van der Waals surface area contributed by atoms with E-state index in [4.69, 9.17) is 5.11 Å². The lowest BCUT2D eigenvalue weighted by Gasteiger charge is -2.13. The molecule has 0 aliphatic heterocycles. The maximum atomic E-state index is 13.2. The van der Waals surface area contributed by atoms with Gasteiger partial charge in [-0.1, -0.05) is 6.07 Å². The van der Waals surface area contributed by atoms with Gasteiger partial charge in [0.25, 0.3) is 0 Å². The first-order valence-corrected chi connectivity index (χ1v) is 5.01. The van der Waals surface area contributed by atoms with Crippen LogP contribution in [0.4, 0.5) is 4.39 Å². The third kappa shape index (κ3) is 2.01. The molecular formula is C12H13FO2. The molecule has 1 aromatic carbocycles. The summed E-state index contributed by atoms with van der Waals surface area (Å²) >= 11 is 0. The Kier molecular flexibility index (Phi) is 2.25. The van der Waals surface area contributed by atoms with Crippen molar-refractivity contribution in [1.82, 2.24) is 0 Å². The maximum Gasteiger partial charge on any atom is 0.304 e. The van der Waals surface area contributed by atoms with Crippen LogP contribution in [-0.2, 0) is 10.2 Å². The van der Waals surface area contributed by atoms with Gasteiger partial charge in [0, 0.05) is 5.41 Å². The van der Waals surface area contributed by atoms with Gasteiger partial charge in [0.05, 0.1) is 6.42 Å². The standard InChI is InChI=1S/C12H13FO2/c1-8-4-9(6-10(13)5-8)12(2-3-12)7-11(14)15/h4-6H,2-3,7H2,1H3,(H,14,15). The summed E-state index contributed by atoms with van der Waals surface area (Å²) in [4.78, 5) is 10.7. The van der Waals surface area contributed by atoms with Crippen molar-refractivity contribution in [2.45, 2.75) is 31.6 Å². The molecule has 15 heavy (non-hydrogen) atoms. The van der Waals surface area contributed by atoms with Crippen molar-refractivity contribution in [2.24, 2.45) is 0 Å². The maximum absolute atomic E-state index is 13.2. The molecule has 1 aliphatic rings. The predicted octanol–water partition coefficient (Wildman–Crippen LogP) is 2.64. The summed E-state index contributed by atoms with van der Waals surface area (Å²) in [6.45, 7) is 1.82. The summed E-state index contributed by atoms with van der Waals surface area (Å²) in [7, 11) is 0. The van der Waals surface area contributed by atoms with Crippen molar-refractivity contribution >= 4 is 5.97 Å². The van der Waals surface area contributed by atoms with Gasteiger partial charge >= 0.3 is 5.97 Å². The number of rotatable bonds is 3. The molecule has 0 atom stereocenters. The fourth-order valence-electron chi connectivity index (χ4n) is 2.05. The minimum absolute atomic E-state index is 0.107. The molecule has 0 radical (unpaired) electrons. The number of aryl methyl sites for hydroxylation is 1. The van der Waals surface area contributed by atoms with E-state index in [-0.39, 0.29) is 17.7 Å². The SMILES string of the molecule is Cc1cc(F)cc(C2(CC(=O)O)CC2)c1. The number of carboxylic acid groups (broad SMARTS) is 1. The third-order valence-corrected chi connectivity index (χ3v) is 3.00. The molecule has 0 unspecified atom stereocenters. The van der Waals surface area contributed by atoms with E-state index in [1.165, 1.54) is 12.1 Å². The second kappa shape index (κ2) is 3.33. The van der Waals surface area contributed by atoms with Crippen LogP contribution in [0.2, 0.25) is 0 Å². The zero-order valence-corrected chi connectivity index (χ0v) is 8.59. The van der Waals surface area contributed by atoms with Crippen molar-refractivity contribution in [3.05, 3.63) is 35.1 Å². The lowest BCUT2D eigenvalue weighted by atomic mass is 9.91. The third-order valence-electron chi connectivity index (χ3n) is 3.00. The average Bonchev–Trinajstić information content (AvgIpc) is 2.82. The number of halogens is 1. The second-order valence-corrected chi connectivity index (χ2v) is 4.37. The van der Waals surface area contributed by atoms with E-state index >= 15 is 0 Å². The van der Waals surface area contributed by atoms with E-state index in [1.54, 1.807) is 0 Å². The summed E-state index contributed by atoms with van der Waals surface area (Å²) < 4.78 is 13.2. The molecule has 80 valence electrons. The lowest BCUT2D eigenvalue weighted by Crippen LogP contribution is -2.13. The quantitative estimate of drug-likeness (QED) is 0.829.